The van der Waals surface area contributed by atoms with Gasteiger partial charge in [-0.1, -0.05) is 41.9 Å². The van der Waals surface area contributed by atoms with Crippen LogP contribution in [0.5, 0.6) is 11.5 Å². The summed E-state index contributed by atoms with van der Waals surface area (Å²) in [4.78, 5) is 17.5. The monoisotopic (exact) mass is 405 g/mol. The first kappa shape index (κ1) is 18.7. The number of para-hydroxylation sites is 2. The Hall–Kier alpha value is -3.64. The van der Waals surface area contributed by atoms with Gasteiger partial charge in [0.2, 0.25) is 0 Å². The minimum absolute atomic E-state index is 0.00188. The van der Waals surface area contributed by atoms with Gasteiger partial charge in [-0.2, -0.15) is 9.78 Å². The third-order valence-electron chi connectivity index (χ3n) is 4.23. The Labute approximate surface area is 171 Å². The predicted molar refractivity (Wildman–Crippen MR) is 113 cm³/mol. The van der Waals surface area contributed by atoms with Crippen molar-refractivity contribution < 1.29 is 9.84 Å². The molecule has 3 aromatic carbocycles. The van der Waals surface area contributed by atoms with Crippen LogP contribution in [0, 0.1) is 0 Å². The zero-order chi connectivity index (χ0) is 20.2. The number of phenols is 1. The SMILES string of the molecule is O=c1c2ccccc2nc(COc2ccccc2)n1/N=C/c1cc(Cl)ccc1O. The maximum absolute atomic E-state index is 13.0. The molecule has 0 radical (unpaired) electrons. The van der Waals surface area contributed by atoms with Gasteiger partial charge in [-0.25, -0.2) is 4.98 Å². The van der Waals surface area contributed by atoms with Crippen LogP contribution in [0.4, 0.5) is 0 Å². The number of fused-ring (bicyclic) bond motifs is 1. The molecule has 144 valence electrons. The molecule has 1 aromatic heterocycles. The van der Waals surface area contributed by atoms with Crippen LogP contribution in [0.15, 0.2) is 82.7 Å². The van der Waals surface area contributed by atoms with Crippen LogP contribution >= 0.6 is 11.6 Å². The van der Waals surface area contributed by atoms with Crippen LogP contribution in [0.1, 0.15) is 11.4 Å². The minimum atomic E-state index is -0.333. The fourth-order valence-electron chi connectivity index (χ4n) is 2.80. The quantitative estimate of drug-likeness (QED) is 0.504. The van der Waals surface area contributed by atoms with E-state index in [1.165, 1.54) is 17.0 Å². The zero-order valence-corrected chi connectivity index (χ0v) is 16.0. The molecule has 0 saturated carbocycles. The van der Waals surface area contributed by atoms with Gasteiger partial charge in [0.15, 0.2) is 5.82 Å². The summed E-state index contributed by atoms with van der Waals surface area (Å²) in [6.07, 6.45) is 1.37. The third-order valence-corrected chi connectivity index (χ3v) is 4.47. The molecule has 0 fully saturated rings. The third kappa shape index (κ3) is 4.12. The summed E-state index contributed by atoms with van der Waals surface area (Å²) in [5.41, 5.74) is 0.605. The van der Waals surface area contributed by atoms with Crippen LogP contribution in [-0.2, 0) is 6.61 Å². The summed E-state index contributed by atoms with van der Waals surface area (Å²) in [5, 5.41) is 15.1. The molecule has 6 nitrogen and oxygen atoms in total. The number of nitrogens with zero attached hydrogens (tertiary/aromatic N) is 3. The summed E-state index contributed by atoms with van der Waals surface area (Å²) >= 11 is 5.98. The molecular formula is C22H16ClN3O3. The number of halogens is 1. The molecule has 0 atom stereocenters. The second-order valence-corrected chi connectivity index (χ2v) is 6.65. The summed E-state index contributed by atoms with van der Waals surface area (Å²) in [5.74, 6) is 0.982. The van der Waals surface area contributed by atoms with Gasteiger partial charge in [-0.3, -0.25) is 4.79 Å². The van der Waals surface area contributed by atoms with Crippen molar-refractivity contribution in [2.45, 2.75) is 6.61 Å². The molecule has 0 amide bonds. The highest BCUT2D eigenvalue weighted by Crippen LogP contribution is 2.20. The molecule has 1 N–H and O–H groups in total. The number of rotatable bonds is 5. The maximum Gasteiger partial charge on any atom is 0.282 e. The number of benzene rings is 3. The highest BCUT2D eigenvalue weighted by Gasteiger charge is 2.11. The number of ether oxygens (including phenoxy) is 1. The molecule has 0 saturated heterocycles. The molecular weight excluding hydrogens is 390 g/mol. The Kier molecular flexibility index (Phi) is 5.27. The van der Waals surface area contributed by atoms with Gasteiger partial charge < -0.3 is 9.84 Å². The Bertz CT molecular complexity index is 1250. The van der Waals surface area contributed by atoms with E-state index in [4.69, 9.17) is 16.3 Å². The van der Waals surface area contributed by atoms with Crippen molar-refractivity contribution in [3.05, 3.63) is 99.6 Å². The standard InChI is InChI=1S/C22H16ClN3O3/c23-16-10-11-20(27)15(12-16)13-24-26-21(14-29-17-6-2-1-3-7-17)25-19-9-5-4-8-18(19)22(26)28/h1-13,27H,14H2/b24-13+. The van der Waals surface area contributed by atoms with Crippen molar-refractivity contribution in [3.63, 3.8) is 0 Å². The predicted octanol–water partition coefficient (Wildman–Crippen LogP) is 4.22. The van der Waals surface area contributed by atoms with Crippen molar-refractivity contribution >= 4 is 28.7 Å². The molecule has 0 aliphatic carbocycles. The van der Waals surface area contributed by atoms with Gasteiger partial charge in [0.05, 0.1) is 17.1 Å². The highest BCUT2D eigenvalue weighted by molar-refractivity contribution is 6.30. The van der Waals surface area contributed by atoms with Gasteiger partial charge in [0.1, 0.15) is 18.1 Å². The summed E-state index contributed by atoms with van der Waals surface area (Å²) in [6.45, 7) is 0.0446. The Morgan fingerprint density at radius 1 is 1.07 bits per heavy atom. The first-order valence-electron chi connectivity index (χ1n) is 8.83. The van der Waals surface area contributed by atoms with Crippen molar-refractivity contribution in [1.82, 2.24) is 9.66 Å². The Morgan fingerprint density at radius 3 is 2.66 bits per heavy atom. The number of hydrogen-bond donors (Lipinski definition) is 1. The molecule has 1 heterocycles. The smallest absolute Gasteiger partial charge is 0.282 e. The van der Waals surface area contributed by atoms with Gasteiger partial charge in [0, 0.05) is 10.6 Å². The van der Waals surface area contributed by atoms with Crippen LogP contribution in [-0.4, -0.2) is 21.0 Å². The van der Waals surface area contributed by atoms with Crippen LogP contribution in [0.3, 0.4) is 0 Å². The largest absolute Gasteiger partial charge is 0.507 e. The summed E-state index contributed by atoms with van der Waals surface area (Å²) in [7, 11) is 0. The zero-order valence-electron chi connectivity index (χ0n) is 15.2. The lowest BCUT2D eigenvalue weighted by atomic mass is 10.2. The first-order valence-corrected chi connectivity index (χ1v) is 9.21. The fraction of sp³-hybridized carbons (Fsp3) is 0.0455. The topological polar surface area (TPSA) is 76.7 Å². The van der Waals surface area contributed by atoms with E-state index in [0.717, 1.165) is 0 Å². The van der Waals surface area contributed by atoms with E-state index >= 15 is 0 Å². The van der Waals surface area contributed by atoms with Crippen molar-refractivity contribution in [2.75, 3.05) is 0 Å². The van der Waals surface area contributed by atoms with Crippen molar-refractivity contribution in [3.8, 4) is 11.5 Å². The average molecular weight is 406 g/mol. The number of phenolic OH excluding ortho intramolecular Hbond substituents is 1. The molecule has 4 aromatic rings. The van der Waals surface area contributed by atoms with E-state index < -0.39 is 0 Å². The van der Waals surface area contributed by atoms with Crippen molar-refractivity contribution in [2.24, 2.45) is 5.10 Å². The molecule has 7 heteroatoms. The van der Waals surface area contributed by atoms with Crippen LogP contribution in [0.2, 0.25) is 5.02 Å². The molecule has 0 spiro atoms. The molecule has 29 heavy (non-hydrogen) atoms. The summed E-state index contributed by atoms with van der Waals surface area (Å²) < 4.78 is 6.94. The number of aromatic hydroxyl groups is 1. The highest BCUT2D eigenvalue weighted by atomic mass is 35.5. The Balaban J connectivity index is 1.77. The van der Waals surface area contributed by atoms with E-state index in [-0.39, 0.29) is 17.9 Å². The van der Waals surface area contributed by atoms with Crippen molar-refractivity contribution in [1.29, 1.82) is 0 Å². The average Bonchev–Trinajstić information content (AvgIpc) is 2.75. The molecule has 0 unspecified atom stereocenters. The molecule has 4 rings (SSSR count). The Morgan fingerprint density at radius 2 is 1.83 bits per heavy atom. The molecule has 0 aliphatic rings. The van der Waals surface area contributed by atoms with E-state index in [1.807, 2.05) is 36.4 Å². The fourth-order valence-corrected chi connectivity index (χ4v) is 2.98. The van der Waals surface area contributed by atoms with Crippen LogP contribution < -0.4 is 10.3 Å². The normalized spacial score (nSPS) is 11.2. The number of hydrogen-bond acceptors (Lipinski definition) is 5. The second-order valence-electron chi connectivity index (χ2n) is 6.21. The van der Waals surface area contributed by atoms with E-state index in [9.17, 15) is 9.90 Å². The first-order chi connectivity index (χ1) is 14.1. The molecule has 0 aliphatic heterocycles. The van der Waals surface area contributed by atoms with Gasteiger partial charge in [-0.05, 0) is 42.5 Å². The van der Waals surface area contributed by atoms with E-state index in [1.54, 1.807) is 30.3 Å². The minimum Gasteiger partial charge on any atom is -0.507 e. The lowest BCUT2D eigenvalue weighted by molar-refractivity contribution is 0.289. The van der Waals surface area contributed by atoms with Gasteiger partial charge in [-0.15, -0.1) is 0 Å². The lowest BCUT2D eigenvalue weighted by Gasteiger charge is -2.11. The van der Waals surface area contributed by atoms with E-state index in [2.05, 4.69) is 10.1 Å². The second kappa shape index (κ2) is 8.16. The summed E-state index contributed by atoms with van der Waals surface area (Å²) in [6, 6.07) is 20.9. The molecule has 0 bridgehead atoms. The van der Waals surface area contributed by atoms with Gasteiger partial charge >= 0.3 is 0 Å². The lowest BCUT2D eigenvalue weighted by Crippen LogP contribution is -2.23. The van der Waals surface area contributed by atoms with E-state index in [0.29, 0.717) is 33.1 Å². The number of aromatic nitrogens is 2. The van der Waals surface area contributed by atoms with Crippen LogP contribution in [0.25, 0.3) is 10.9 Å². The maximum atomic E-state index is 13.0. The van der Waals surface area contributed by atoms with Gasteiger partial charge in [0.25, 0.3) is 5.56 Å².